The molecule has 0 aliphatic carbocycles. The van der Waals surface area contributed by atoms with Gasteiger partial charge in [-0.15, -0.1) is 0 Å². The van der Waals surface area contributed by atoms with E-state index >= 15 is 0 Å². The van der Waals surface area contributed by atoms with Gasteiger partial charge in [0.2, 0.25) is 5.91 Å². The predicted molar refractivity (Wildman–Crippen MR) is 80.3 cm³/mol. The van der Waals surface area contributed by atoms with E-state index in [0.29, 0.717) is 11.4 Å². The topological polar surface area (TPSA) is 42.8 Å². The molecule has 2 atom stereocenters. The van der Waals surface area contributed by atoms with Gasteiger partial charge in [-0.1, -0.05) is 17.7 Å². The maximum atomic E-state index is 11.9. The summed E-state index contributed by atoms with van der Waals surface area (Å²) >= 11 is 5.89. The van der Waals surface area contributed by atoms with Crippen LogP contribution in [0.5, 0.6) is 0 Å². The second-order valence-electron chi connectivity index (χ2n) is 5.47. The number of ether oxygens (including phenoxy) is 1. The summed E-state index contributed by atoms with van der Waals surface area (Å²) in [6.07, 6.45) is 1.05. The first kappa shape index (κ1) is 15.3. The highest BCUT2D eigenvalue weighted by atomic mass is 35.5. The quantitative estimate of drug-likeness (QED) is 0.881. The molecule has 0 bridgehead atoms. The van der Waals surface area contributed by atoms with Gasteiger partial charge in [-0.05, 0) is 32.0 Å². The van der Waals surface area contributed by atoms with E-state index in [-0.39, 0.29) is 18.1 Å². The lowest BCUT2D eigenvalue weighted by atomic mass is 10.2. The summed E-state index contributed by atoms with van der Waals surface area (Å²) in [6.45, 7) is 6.94. The fourth-order valence-corrected chi connectivity index (χ4v) is 2.86. The number of quaternary nitrogens is 1. The Labute approximate surface area is 125 Å². The highest BCUT2D eigenvalue weighted by molar-refractivity contribution is 6.30. The van der Waals surface area contributed by atoms with Gasteiger partial charge < -0.3 is 15.0 Å². The Bertz CT molecular complexity index is 457. The van der Waals surface area contributed by atoms with Crippen molar-refractivity contribution in [2.24, 2.45) is 0 Å². The van der Waals surface area contributed by atoms with Crippen molar-refractivity contribution in [1.82, 2.24) is 0 Å². The lowest BCUT2D eigenvalue weighted by molar-refractivity contribution is -0.914. The van der Waals surface area contributed by atoms with Crippen molar-refractivity contribution >= 4 is 23.2 Å². The molecule has 1 aromatic carbocycles. The van der Waals surface area contributed by atoms with Crippen molar-refractivity contribution in [3.63, 3.8) is 0 Å². The monoisotopic (exact) mass is 297 g/mol. The van der Waals surface area contributed by atoms with E-state index in [4.69, 9.17) is 16.3 Å². The fourth-order valence-electron chi connectivity index (χ4n) is 2.67. The van der Waals surface area contributed by atoms with Gasteiger partial charge in [-0.3, -0.25) is 4.79 Å². The van der Waals surface area contributed by atoms with E-state index in [0.717, 1.165) is 25.3 Å². The van der Waals surface area contributed by atoms with Crippen LogP contribution in [0.1, 0.15) is 20.3 Å². The second-order valence-corrected chi connectivity index (χ2v) is 5.91. The summed E-state index contributed by atoms with van der Waals surface area (Å²) in [4.78, 5) is 13.4. The van der Waals surface area contributed by atoms with Gasteiger partial charge in [0.05, 0.1) is 13.0 Å². The second kappa shape index (κ2) is 7.07. The molecular formula is C15H22ClN2O2+. The number of hydrogen-bond acceptors (Lipinski definition) is 2. The first-order valence-electron chi connectivity index (χ1n) is 7.07. The molecule has 2 rings (SSSR count). The molecule has 2 N–H and O–H groups in total. The van der Waals surface area contributed by atoms with Crippen molar-refractivity contribution in [2.75, 3.05) is 25.0 Å². The van der Waals surface area contributed by atoms with Gasteiger partial charge in [-0.2, -0.15) is 0 Å². The van der Waals surface area contributed by atoms with Crippen molar-refractivity contribution in [1.29, 1.82) is 0 Å². The van der Waals surface area contributed by atoms with Crippen LogP contribution in [0.4, 0.5) is 5.69 Å². The molecule has 1 amide bonds. The molecule has 0 radical (unpaired) electrons. The zero-order valence-corrected chi connectivity index (χ0v) is 12.7. The van der Waals surface area contributed by atoms with E-state index in [1.165, 1.54) is 4.90 Å². The van der Waals surface area contributed by atoms with Gasteiger partial charge in [0.1, 0.15) is 25.3 Å². The first-order valence-corrected chi connectivity index (χ1v) is 7.45. The van der Waals surface area contributed by atoms with Crippen LogP contribution in [-0.4, -0.2) is 37.7 Å². The normalized spacial score (nSPS) is 26.2. The Kier molecular flexibility index (Phi) is 5.40. The molecule has 5 heteroatoms. The highest BCUT2D eigenvalue weighted by Gasteiger charge is 2.25. The molecule has 0 unspecified atom stereocenters. The Hall–Kier alpha value is -1.10. The highest BCUT2D eigenvalue weighted by Crippen LogP contribution is 2.14. The lowest BCUT2D eigenvalue weighted by Gasteiger charge is -2.32. The van der Waals surface area contributed by atoms with Crippen LogP contribution in [-0.2, 0) is 9.53 Å². The van der Waals surface area contributed by atoms with Crippen LogP contribution >= 0.6 is 11.6 Å². The number of carbonyl (C=O) groups excluding carboxylic acids is 1. The predicted octanol–water partition coefficient (Wildman–Crippen LogP) is 1.36. The number of benzene rings is 1. The number of carbonyl (C=O) groups is 1. The van der Waals surface area contributed by atoms with Gasteiger partial charge in [0.15, 0.2) is 0 Å². The maximum Gasteiger partial charge on any atom is 0.230 e. The van der Waals surface area contributed by atoms with Crippen LogP contribution in [0.2, 0.25) is 5.02 Å². The smallest absolute Gasteiger partial charge is 0.230 e. The van der Waals surface area contributed by atoms with Crippen LogP contribution < -0.4 is 10.2 Å². The summed E-state index contributed by atoms with van der Waals surface area (Å²) in [5.41, 5.74) is 0.751. The zero-order chi connectivity index (χ0) is 14.5. The number of hydrogen-bond donors (Lipinski definition) is 2. The number of anilines is 1. The minimum Gasteiger partial charge on any atom is -0.364 e. The third kappa shape index (κ3) is 4.78. The molecule has 1 fully saturated rings. The Morgan fingerprint density at radius 1 is 1.40 bits per heavy atom. The van der Waals surface area contributed by atoms with Crippen molar-refractivity contribution in [2.45, 2.75) is 32.5 Å². The largest absolute Gasteiger partial charge is 0.364 e. The minimum absolute atomic E-state index is 0.0339. The van der Waals surface area contributed by atoms with Gasteiger partial charge in [0, 0.05) is 10.7 Å². The van der Waals surface area contributed by atoms with Gasteiger partial charge in [-0.25, -0.2) is 0 Å². The van der Waals surface area contributed by atoms with E-state index < -0.39 is 0 Å². The Morgan fingerprint density at radius 3 is 2.75 bits per heavy atom. The van der Waals surface area contributed by atoms with E-state index in [1.54, 1.807) is 12.1 Å². The number of nitrogens with one attached hydrogen (secondary N) is 2. The summed E-state index contributed by atoms with van der Waals surface area (Å²) < 4.78 is 5.70. The van der Waals surface area contributed by atoms with E-state index in [9.17, 15) is 4.79 Å². The molecule has 0 aromatic heterocycles. The van der Waals surface area contributed by atoms with Crippen LogP contribution in [0, 0.1) is 0 Å². The van der Waals surface area contributed by atoms with Crippen LogP contribution in [0.3, 0.4) is 0 Å². The van der Waals surface area contributed by atoms with Crippen molar-refractivity contribution in [3.05, 3.63) is 29.3 Å². The van der Waals surface area contributed by atoms with Crippen molar-refractivity contribution < 1.29 is 14.4 Å². The number of halogens is 1. The molecule has 0 saturated carbocycles. The summed E-state index contributed by atoms with van der Waals surface area (Å²) in [7, 11) is 0. The molecular weight excluding hydrogens is 276 g/mol. The first-order chi connectivity index (χ1) is 9.52. The molecule has 110 valence electrons. The number of amides is 1. The SMILES string of the molecule is C[C@@H]1C[NH+](CCC(=O)Nc2cccc(Cl)c2)C[C@@H](C)O1. The number of morpholine rings is 1. The molecule has 20 heavy (non-hydrogen) atoms. The molecule has 1 saturated heterocycles. The summed E-state index contributed by atoms with van der Waals surface area (Å²) in [5.74, 6) is 0.0339. The Balaban J connectivity index is 1.77. The zero-order valence-electron chi connectivity index (χ0n) is 12.0. The van der Waals surface area contributed by atoms with Gasteiger partial charge in [0.25, 0.3) is 0 Å². The van der Waals surface area contributed by atoms with Crippen LogP contribution in [0.25, 0.3) is 0 Å². The summed E-state index contributed by atoms with van der Waals surface area (Å²) in [6, 6.07) is 7.22. The third-order valence-electron chi connectivity index (χ3n) is 3.43. The average molecular weight is 298 g/mol. The fraction of sp³-hybridized carbons (Fsp3) is 0.533. The third-order valence-corrected chi connectivity index (χ3v) is 3.67. The van der Waals surface area contributed by atoms with Crippen LogP contribution in [0.15, 0.2) is 24.3 Å². The van der Waals surface area contributed by atoms with Gasteiger partial charge >= 0.3 is 0 Å². The molecule has 1 aliphatic rings. The van der Waals surface area contributed by atoms with Crippen molar-refractivity contribution in [3.8, 4) is 0 Å². The Morgan fingerprint density at radius 2 is 2.10 bits per heavy atom. The standard InChI is InChI=1S/C15H21ClN2O2/c1-11-9-18(10-12(2)20-11)7-6-15(19)17-14-5-3-4-13(16)8-14/h3-5,8,11-12H,6-7,9-10H2,1-2H3,(H,17,19)/p+1/t11-,12-/m1/s1. The lowest BCUT2D eigenvalue weighted by Crippen LogP contribution is -3.15. The molecule has 1 aromatic rings. The number of rotatable bonds is 4. The average Bonchev–Trinajstić information content (AvgIpc) is 2.35. The molecule has 1 aliphatic heterocycles. The minimum atomic E-state index is 0.0339. The van der Waals surface area contributed by atoms with E-state index in [1.807, 2.05) is 12.1 Å². The molecule has 4 nitrogen and oxygen atoms in total. The summed E-state index contributed by atoms with van der Waals surface area (Å²) in [5, 5.41) is 3.51. The maximum absolute atomic E-state index is 11.9. The molecule has 0 spiro atoms. The molecule has 1 heterocycles. The van der Waals surface area contributed by atoms with E-state index in [2.05, 4.69) is 19.2 Å².